The largest absolute Gasteiger partial charge is 0.379 e. The molecule has 0 aromatic rings. The highest BCUT2D eigenvalue weighted by Gasteiger charge is 2.29. The van der Waals surface area contributed by atoms with Gasteiger partial charge in [0, 0.05) is 6.61 Å². The van der Waals surface area contributed by atoms with E-state index < -0.39 is 0 Å². The van der Waals surface area contributed by atoms with Gasteiger partial charge in [-0.2, -0.15) is 0 Å². The van der Waals surface area contributed by atoms with Crippen molar-refractivity contribution in [2.24, 2.45) is 5.92 Å². The first-order valence-corrected chi connectivity index (χ1v) is 6.86. The van der Waals surface area contributed by atoms with Crippen LogP contribution in [0, 0.1) is 5.92 Å². The normalized spacial score (nSPS) is 13.8. The second kappa shape index (κ2) is 6.75. The van der Waals surface area contributed by atoms with E-state index in [1.807, 2.05) is 0 Å². The van der Waals surface area contributed by atoms with Gasteiger partial charge in [0.05, 0.1) is 17.3 Å². The fourth-order valence-electron chi connectivity index (χ4n) is 2.36. The van der Waals surface area contributed by atoms with Crippen molar-refractivity contribution in [1.29, 1.82) is 0 Å². The van der Waals surface area contributed by atoms with Crippen LogP contribution in [0.3, 0.4) is 0 Å². The van der Waals surface area contributed by atoms with Crippen LogP contribution in [0.5, 0.6) is 0 Å². The third-order valence-corrected chi connectivity index (χ3v) is 2.61. The third-order valence-electron chi connectivity index (χ3n) is 2.61. The van der Waals surface area contributed by atoms with Crippen molar-refractivity contribution in [2.75, 3.05) is 6.61 Å². The number of hydrogen-bond acceptors (Lipinski definition) is 2. The van der Waals surface area contributed by atoms with E-state index >= 15 is 0 Å². The molecule has 0 rings (SSSR count). The maximum absolute atomic E-state index is 6.24. The van der Waals surface area contributed by atoms with E-state index in [2.05, 4.69) is 55.4 Å². The van der Waals surface area contributed by atoms with E-state index in [-0.39, 0.29) is 11.2 Å². The molecule has 0 atom stereocenters. The van der Waals surface area contributed by atoms with Crippen molar-refractivity contribution in [3.8, 4) is 0 Å². The van der Waals surface area contributed by atoms with Crippen molar-refractivity contribution in [2.45, 2.75) is 85.5 Å². The van der Waals surface area contributed by atoms with E-state index in [0.717, 1.165) is 19.4 Å². The quantitative estimate of drug-likeness (QED) is 0.629. The van der Waals surface area contributed by atoms with Crippen molar-refractivity contribution in [3.63, 3.8) is 0 Å². The van der Waals surface area contributed by atoms with Crippen molar-refractivity contribution >= 4 is 0 Å². The van der Waals surface area contributed by atoms with E-state index in [4.69, 9.17) is 9.47 Å². The monoisotopic (exact) mass is 244 g/mol. The minimum absolute atomic E-state index is 0.0600. The molecule has 0 heterocycles. The Kier molecular flexibility index (Phi) is 6.71. The summed E-state index contributed by atoms with van der Waals surface area (Å²) in [6, 6.07) is 0. The maximum Gasteiger partial charge on any atom is 0.0655 e. The summed E-state index contributed by atoms with van der Waals surface area (Å²) in [7, 11) is 0. The lowest BCUT2D eigenvalue weighted by molar-refractivity contribution is -0.140. The van der Waals surface area contributed by atoms with E-state index in [1.165, 1.54) is 0 Å². The Hall–Kier alpha value is -0.0800. The minimum Gasteiger partial charge on any atom is -0.379 e. The first-order valence-electron chi connectivity index (χ1n) is 6.86. The molecule has 0 amide bonds. The number of rotatable bonds is 8. The minimum atomic E-state index is -0.118. The van der Waals surface area contributed by atoms with Crippen LogP contribution in [0.2, 0.25) is 0 Å². The molecule has 2 nitrogen and oxygen atoms in total. The average Bonchev–Trinajstić information content (AvgIpc) is 1.95. The summed E-state index contributed by atoms with van der Waals surface area (Å²) in [6.07, 6.45) is 2.32. The van der Waals surface area contributed by atoms with Gasteiger partial charge in [0.1, 0.15) is 0 Å². The second-order valence-electron chi connectivity index (χ2n) is 6.89. The van der Waals surface area contributed by atoms with Gasteiger partial charge in [0.2, 0.25) is 0 Å². The smallest absolute Gasteiger partial charge is 0.0655 e. The molecule has 0 saturated carbocycles. The number of ether oxygens (including phenoxy) is 2. The summed E-state index contributed by atoms with van der Waals surface area (Å²) >= 11 is 0. The van der Waals surface area contributed by atoms with Crippen LogP contribution in [0.25, 0.3) is 0 Å². The lowest BCUT2D eigenvalue weighted by Crippen LogP contribution is -2.38. The summed E-state index contributed by atoms with van der Waals surface area (Å²) in [5, 5.41) is 0. The molecule has 0 aliphatic carbocycles. The highest BCUT2D eigenvalue weighted by Crippen LogP contribution is 2.28. The summed E-state index contributed by atoms with van der Waals surface area (Å²) in [4.78, 5) is 0. The molecule has 0 spiro atoms. The summed E-state index contributed by atoms with van der Waals surface area (Å²) in [5.41, 5.74) is -0.178. The molecule has 0 fully saturated rings. The van der Waals surface area contributed by atoms with Crippen molar-refractivity contribution in [3.05, 3.63) is 0 Å². The lowest BCUT2D eigenvalue weighted by Gasteiger charge is -2.37. The zero-order valence-electron chi connectivity index (χ0n) is 13.1. The van der Waals surface area contributed by atoms with Crippen LogP contribution in [0.1, 0.15) is 68.2 Å². The third kappa shape index (κ3) is 9.61. The molecular formula is C15H32O2. The molecule has 0 N–H and O–H groups in total. The van der Waals surface area contributed by atoms with Crippen molar-refractivity contribution < 1.29 is 9.47 Å². The van der Waals surface area contributed by atoms with Crippen LogP contribution in [0.4, 0.5) is 0 Å². The topological polar surface area (TPSA) is 18.5 Å². The predicted octanol–water partition coefficient (Wildman–Crippen LogP) is 4.42. The summed E-state index contributed by atoms with van der Waals surface area (Å²) in [5.74, 6) is 0.660. The SMILES string of the molecule is CC(C)CC(C)(C)OC(C)(C)CCOC(C)C. The lowest BCUT2D eigenvalue weighted by atomic mass is 9.94. The Morgan fingerprint density at radius 1 is 0.882 bits per heavy atom. The summed E-state index contributed by atoms with van der Waals surface area (Å²) < 4.78 is 11.8. The Bertz CT molecular complexity index is 205. The van der Waals surface area contributed by atoms with Gasteiger partial charge in [-0.05, 0) is 60.3 Å². The molecule has 0 bridgehead atoms. The molecule has 104 valence electrons. The van der Waals surface area contributed by atoms with Gasteiger partial charge in [-0.15, -0.1) is 0 Å². The van der Waals surface area contributed by atoms with Crippen LogP contribution in [-0.2, 0) is 9.47 Å². The first-order chi connectivity index (χ1) is 7.54. The highest BCUT2D eigenvalue weighted by molar-refractivity contribution is 4.78. The van der Waals surface area contributed by atoms with E-state index in [0.29, 0.717) is 12.0 Å². The molecule has 17 heavy (non-hydrogen) atoms. The van der Waals surface area contributed by atoms with Gasteiger partial charge in [0.15, 0.2) is 0 Å². The second-order valence-corrected chi connectivity index (χ2v) is 6.89. The Morgan fingerprint density at radius 3 is 1.82 bits per heavy atom. The van der Waals surface area contributed by atoms with Gasteiger partial charge < -0.3 is 9.47 Å². The standard InChI is InChI=1S/C15H32O2/c1-12(2)11-15(7,8)17-14(5,6)9-10-16-13(3)4/h12-13H,9-11H2,1-8H3. The predicted molar refractivity (Wildman–Crippen MR) is 74.4 cm³/mol. The zero-order valence-corrected chi connectivity index (χ0v) is 13.1. The first kappa shape index (κ1) is 16.9. The van der Waals surface area contributed by atoms with Crippen LogP contribution < -0.4 is 0 Å². The van der Waals surface area contributed by atoms with Crippen LogP contribution in [-0.4, -0.2) is 23.9 Å². The molecule has 0 aliphatic heterocycles. The van der Waals surface area contributed by atoms with E-state index in [1.54, 1.807) is 0 Å². The fourth-order valence-corrected chi connectivity index (χ4v) is 2.36. The van der Waals surface area contributed by atoms with Gasteiger partial charge in [-0.1, -0.05) is 13.8 Å². The Balaban J connectivity index is 4.13. The molecule has 0 aromatic carbocycles. The zero-order chi connectivity index (χ0) is 13.7. The van der Waals surface area contributed by atoms with Gasteiger partial charge in [0.25, 0.3) is 0 Å². The molecule has 0 aromatic heterocycles. The van der Waals surface area contributed by atoms with Crippen LogP contribution >= 0.6 is 0 Å². The van der Waals surface area contributed by atoms with Crippen molar-refractivity contribution in [1.82, 2.24) is 0 Å². The average molecular weight is 244 g/mol. The molecule has 0 saturated heterocycles. The Morgan fingerprint density at radius 2 is 1.41 bits per heavy atom. The Labute approximate surface area is 108 Å². The molecule has 0 aliphatic rings. The summed E-state index contributed by atoms with van der Waals surface area (Å²) in [6.45, 7) is 18.0. The van der Waals surface area contributed by atoms with Crippen LogP contribution in [0.15, 0.2) is 0 Å². The fraction of sp³-hybridized carbons (Fsp3) is 1.00. The van der Waals surface area contributed by atoms with Gasteiger partial charge in [-0.3, -0.25) is 0 Å². The number of hydrogen-bond donors (Lipinski definition) is 0. The molecular weight excluding hydrogens is 212 g/mol. The maximum atomic E-state index is 6.24. The molecule has 0 radical (unpaired) electrons. The highest BCUT2D eigenvalue weighted by atomic mass is 16.5. The van der Waals surface area contributed by atoms with Gasteiger partial charge >= 0.3 is 0 Å². The van der Waals surface area contributed by atoms with E-state index in [9.17, 15) is 0 Å². The molecule has 2 heteroatoms. The molecule has 0 unspecified atom stereocenters. The van der Waals surface area contributed by atoms with Gasteiger partial charge in [-0.25, -0.2) is 0 Å².